The highest BCUT2D eigenvalue weighted by Gasteiger charge is 2.44. The molecule has 1 aliphatic carbocycles. The van der Waals surface area contributed by atoms with Gasteiger partial charge < -0.3 is 9.88 Å². The van der Waals surface area contributed by atoms with Gasteiger partial charge in [0.1, 0.15) is 0 Å². The number of nitrogens with zero attached hydrogens (tertiary/aromatic N) is 2. The lowest BCUT2D eigenvalue weighted by Gasteiger charge is -2.44. The quantitative estimate of drug-likeness (QED) is 0.776. The molecular weight excluding hydrogens is 402 g/mol. The second-order valence-electron chi connectivity index (χ2n) is 9.02. The molecule has 1 unspecified atom stereocenters. The third-order valence-electron chi connectivity index (χ3n) is 6.51. The minimum atomic E-state index is 0.183. The highest BCUT2D eigenvalue weighted by molar-refractivity contribution is 9.10. The molecule has 144 valence electrons. The van der Waals surface area contributed by atoms with Crippen LogP contribution in [-0.2, 0) is 11.2 Å². The highest BCUT2D eigenvalue weighted by atomic mass is 79.9. The average Bonchev–Trinajstić information content (AvgIpc) is 3.34. The lowest BCUT2D eigenvalue weighted by atomic mass is 9.89. The number of halogens is 1. The summed E-state index contributed by atoms with van der Waals surface area (Å²) in [5.74, 6) is 1.14. The Morgan fingerprint density at radius 2 is 2.07 bits per heavy atom. The molecular formula is C22H28BrN3O. The molecule has 5 rings (SSSR count). The number of carbonyl (C=O) groups is 1. The first kappa shape index (κ1) is 17.7. The van der Waals surface area contributed by atoms with E-state index < -0.39 is 0 Å². The molecule has 3 heterocycles. The van der Waals surface area contributed by atoms with Crippen molar-refractivity contribution in [3.05, 3.63) is 33.9 Å². The fraction of sp³-hybridized carbons (Fsp3) is 0.591. The molecule has 0 spiro atoms. The summed E-state index contributed by atoms with van der Waals surface area (Å²) in [4.78, 5) is 21.7. The standard InChI is InChI=1S/C22H28BrN3O/c1-13(2)9-20-21-17(18-10-15(23)3-6-19(18)24-21)7-8-26(20)22(27)14-11-25(12-14)16-4-5-16/h3,6,10,13-14,16,20,24H,4-5,7-9,11-12H2,1-2H3. The van der Waals surface area contributed by atoms with Gasteiger partial charge in [0.25, 0.3) is 0 Å². The summed E-state index contributed by atoms with van der Waals surface area (Å²) in [6, 6.07) is 7.41. The number of amides is 1. The molecule has 2 fully saturated rings. The highest BCUT2D eigenvalue weighted by Crippen LogP contribution is 2.40. The number of aromatic amines is 1. The van der Waals surface area contributed by atoms with Gasteiger partial charge in [-0.1, -0.05) is 29.8 Å². The van der Waals surface area contributed by atoms with E-state index in [-0.39, 0.29) is 12.0 Å². The fourth-order valence-corrected chi connectivity index (χ4v) is 5.30. The molecule has 2 aromatic rings. The van der Waals surface area contributed by atoms with Gasteiger partial charge in [-0.05, 0) is 55.4 Å². The Bertz CT molecular complexity index is 879. The van der Waals surface area contributed by atoms with Gasteiger partial charge in [-0.15, -0.1) is 0 Å². The normalized spacial score (nSPS) is 23.7. The van der Waals surface area contributed by atoms with Crippen molar-refractivity contribution in [2.75, 3.05) is 19.6 Å². The number of nitrogens with one attached hydrogen (secondary N) is 1. The first-order valence-corrected chi connectivity index (χ1v) is 11.1. The summed E-state index contributed by atoms with van der Waals surface area (Å²) >= 11 is 3.61. The molecule has 1 atom stereocenters. The summed E-state index contributed by atoms with van der Waals surface area (Å²) in [6.45, 7) is 7.31. The number of likely N-dealkylation sites (tertiary alicyclic amines) is 1. The monoisotopic (exact) mass is 429 g/mol. The van der Waals surface area contributed by atoms with Crippen LogP contribution < -0.4 is 0 Å². The molecule has 1 saturated heterocycles. The molecule has 1 amide bonds. The van der Waals surface area contributed by atoms with Crippen LogP contribution in [0.2, 0.25) is 0 Å². The number of H-pyrrole nitrogens is 1. The number of carbonyl (C=O) groups excluding carboxylic acids is 1. The maximum absolute atomic E-state index is 13.3. The number of hydrogen-bond acceptors (Lipinski definition) is 2. The smallest absolute Gasteiger partial charge is 0.228 e. The lowest BCUT2D eigenvalue weighted by Crippen LogP contribution is -2.56. The van der Waals surface area contributed by atoms with Gasteiger partial charge in [-0.2, -0.15) is 0 Å². The third-order valence-corrected chi connectivity index (χ3v) is 7.01. The van der Waals surface area contributed by atoms with E-state index >= 15 is 0 Å². The molecule has 5 heteroatoms. The van der Waals surface area contributed by atoms with Crippen molar-refractivity contribution >= 4 is 32.7 Å². The van der Waals surface area contributed by atoms with Crippen LogP contribution in [0.15, 0.2) is 22.7 Å². The molecule has 4 nitrogen and oxygen atoms in total. The largest absolute Gasteiger partial charge is 0.356 e. The predicted molar refractivity (Wildman–Crippen MR) is 112 cm³/mol. The Hall–Kier alpha value is -1.33. The van der Waals surface area contributed by atoms with E-state index in [2.05, 4.69) is 62.8 Å². The van der Waals surface area contributed by atoms with Crippen LogP contribution in [0.4, 0.5) is 0 Å². The summed E-state index contributed by atoms with van der Waals surface area (Å²) in [7, 11) is 0. The first-order valence-electron chi connectivity index (χ1n) is 10.4. The second kappa shape index (κ2) is 6.63. The number of benzene rings is 1. The van der Waals surface area contributed by atoms with Gasteiger partial charge in [-0.3, -0.25) is 9.69 Å². The number of aromatic nitrogens is 1. The number of rotatable bonds is 4. The zero-order chi connectivity index (χ0) is 18.7. The van der Waals surface area contributed by atoms with Gasteiger partial charge in [0.2, 0.25) is 5.91 Å². The minimum absolute atomic E-state index is 0.183. The van der Waals surface area contributed by atoms with E-state index in [1.54, 1.807) is 0 Å². The average molecular weight is 430 g/mol. The predicted octanol–water partition coefficient (Wildman–Crippen LogP) is 4.50. The topological polar surface area (TPSA) is 39.3 Å². The van der Waals surface area contributed by atoms with Crippen LogP contribution in [0.3, 0.4) is 0 Å². The molecule has 1 aromatic carbocycles. The van der Waals surface area contributed by atoms with Crippen molar-refractivity contribution in [1.29, 1.82) is 0 Å². The maximum Gasteiger partial charge on any atom is 0.228 e. The zero-order valence-corrected chi connectivity index (χ0v) is 17.8. The summed E-state index contributed by atoms with van der Waals surface area (Å²) in [5, 5.41) is 1.31. The SMILES string of the molecule is CC(C)CC1c2[nH]c3ccc(Br)cc3c2CCN1C(=O)C1CN(C2CC2)C1. The van der Waals surface area contributed by atoms with E-state index in [0.717, 1.165) is 43.0 Å². The van der Waals surface area contributed by atoms with Gasteiger partial charge in [0, 0.05) is 46.7 Å². The Morgan fingerprint density at radius 1 is 1.30 bits per heavy atom. The Balaban J connectivity index is 1.44. The molecule has 1 N–H and O–H groups in total. The van der Waals surface area contributed by atoms with Gasteiger partial charge >= 0.3 is 0 Å². The molecule has 0 bridgehead atoms. The van der Waals surface area contributed by atoms with Crippen molar-refractivity contribution in [2.45, 2.75) is 51.6 Å². The third kappa shape index (κ3) is 3.13. The van der Waals surface area contributed by atoms with Crippen LogP contribution in [0.5, 0.6) is 0 Å². The number of hydrogen-bond donors (Lipinski definition) is 1. The number of fused-ring (bicyclic) bond motifs is 3. The Kier molecular flexibility index (Phi) is 4.36. The van der Waals surface area contributed by atoms with E-state index in [0.29, 0.717) is 11.8 Å². The van der Waals surface area contributed by atoms with Crippen LogP contribution in [-0.4, -0.2) is 46.4 Å². The van der Waals surface area contributed by atoms with Crippen molar-refractivity contribution in [1.82, 2.24) is 14.8 Å². The second-order valence-corrected chi connectivity index (χ2v) is 9.93. The van der Waals surface area contributed by atoms with Crippen LogP contribution in [0, 0.1) is 11.8 Å². The fourth-order valence-electron chi connectivity index (χ4n) is 4.94. The van der Waals surface area contributed by atoms with Gasteiger partial charge in [0.15, 0.2) is 0 Å². The van der Waals surface area contributed by atoms with E-state index in [1.807, 2.05) is 0 Å². The molecule has 1 aromatic heterocycles. The van der Waals surface area contributed by atoms with Crippen LogP contribution >= 0.6 is 15.9 Å². The zero-order valence-electron chi connectivity index (χ0n) is 16.2. The lowest BCUT2D eigenvalue weighted by molar-refractivity contribution is -0.144. The Labute approximate surface area is 169 Å². The van der Waals surface area contributed by atoms with Gasteiger partial charge in [0.05, 0.1) is 12.0 Å². The molecule has 1 saturated carbocycles. The van der Waals surface area contributed by atoms with Crippen molar-refractivity contribution in [3.63, 3.8) is 0 Å². The van der Waals surface area contributed by atoms with E-state index in [4.69, 9.17) is 0 Å². The van der Waals surface area contributed by atoms with Crippen LogP contribution in [0.1, 0.15) is 50.4 Å². The minimum Gasteiger partial charge on any atom is -0.356 e. The van der Waals surface area contributed by atoms with Gasteiger partial charge in [-0.25, -0.2) is 0 Å². The van der Waals surface area contributed by atoms with E-state index in [1.165, 1.54) is 35.0 Å². The maximum atomic E-state index is 13.3. The van der Waals surface area contributed by atoms with Crippen LogP contribution in [0.25, 0.3) is 10.9 Å². The first-order chi connectivity index (χ1) is 13.0. The Morgan fingerprint density at radius 3 is 2.78 bits per heavy atom. The molecule has 0 radical (unpaired) electrons. The molecule has 2 aliphatic heterocycles. The summed E-state index contributed by atoms with van der Waals surface area (Å²) in [5.41, 5.74) is 3.87. The molecule has 3 aliphatic rings. The molecule has 27 heavy (non-hydrogen) atoms. The van der Waals surface area contributed by atoms with Crippen molar-refractivity contribution in [3.8, 4) is 0 Å². The van der Waals surface area contributed by atoms with Crippen molar-refractivity contribution in [2.24, 2.45) is 11.8 Å². The summed E-state index contributed by atoms with van der Waals surface area (Å²) < 4.78 is 1.12. The van der Waals surface area contributed by atoms with E-state index in [9.17, 15) is 4.79 Å². The van der Waals surface area contributed by atoms with Crippen molar-refractivity contribution < 1.29 is 4.79 Å². The summed E-state index contributed by atoms with van der Waals surface area (Å²) in [6.07, 6.45) is 4.63.